The molecule has 0 saturated carbocycles. The van der Waals surface area contributed by atoms with Crippen molar-refractivity contribution in [2.45, 2.75) is 6.92 Å². The lowest BCUT2D eigenvalue weighted by molar-refractivity contribution is 0.102. The van der Waals surface area contributed by atoms with Crippen LogP contribution in [-0.2, 0) is 0 Å². The highest BCUT2D eigenvalue weighted by Crippen LogP contribution is 2.27. The Labute approximate surface area is 106 Å². The first-order chi connectivity index (χ1) is 8.61. The number of aryl methyl sites for hydroxylation is 1. The van der Waals surface area contributed by atoms with Crippen LogP contribution in [0.15, 0.2) is 29.6 Å². The number of amides is 1. The number of benzene rings is 1. The summed E-state index contributed by atoms with van der Waals surface area (Å²) in [5.74, 6) is -0.574. The van der Waals surface area contributed by atoms with Gasteiger partial charge in [0.1, 0.15) is 5.75 Å². The van der Waals surface area contributed by atoms with Crippen LogP contribution in [0.3, 0.4) is 0 Å². The van der Waals surface area contributed by atoms with Gasteiger partial charge in [0, 0.05) is 0 Å². The molecule has 2 aromatic rings. The molecule has 0 unspecified atom stereocenters. The molecule has 1 amide bonds. The van der Waals surface area contributed by atoms with Gasteiger partial charge in [0.05, 0.1) is 11.8 Å². The molecule has 2 N–H and O–H groups in total. The number of nitroso groups, excluding NO2 is 1. The average molecular weight is 263 g/mol. The van der Waals surface area contributed by atoms with Crippen molar-refractivity contribution in [3.8, 4) is 5.75 Å². The van der Waals surface area contributed by atoms with Crippen molar-refractivity contribution in [1.82, 2.24) is 4.98 Å². The molecule has 0 aliphatic rings. The quantitative estimate of drug-likeness (QED) is 0.833. The summed E-state index contributed by atoms with van der Waals surface area (Å²) in [6.07, 6.45) is 1.27. The van der Waals surface area contributed by atoms with Crippen LogP contribution >= 0.6 is 11.3 Å². The minimum atomic E-state index is -0.475. The molecule has 1 aromatic carbocycles. The van der Waals surface area contributed by atoms with E-state index in [4.69, 9.17) is 0 Å². The Balaban J connectivity index is 2.24. The summed E-state index contributed by atoms with van der Waals surface area (Å²) in [7, 11) is 0. The van der Waals surface area contributed by atoms with Gasteiger partial charge in [-0.1, -0.05) is 23.5 Å². The van der Waals surface area contributed by atoms with E-state index in [0.29, 0.717) is 5.56 Å². The first kappa shape index (κ1) is 12.2. The second kappa shape index (κ2) is 4.92. The summed E-state index contributed by atoms with van der Waals surface area (Å²) in [5.41, 5.74) is 0.839. The zero-order valence-electron chi connectivity index (χ0n) is 9.38. The number of thiazole rings is 1. The Kier molecular flexibility index (Phi) is 3.33. The van der Waals surface area contributed by atoms with Gasteiger partial charge in [-0.05, 0) is 23.7 Å². The molecule has 1 heterocycles. The van der Waals surface area contributed by atoms with Crippen molar-refractivity contribution in [3.05, 3.63) is 40.4 Å². The zero-order valence-corrected chi connectivity index (χ0v) is 10.2. The van der Waals surface area contributed by atoms with E-state index in [1.165, 1.54) is 12.3 Å². The van der Waals surface area contributed by atoms with E-state index in [9.17, 15) is 14.8 Å². The van der Waals surface area contributed by atoms with Crippen LogP contribution < -0.4 is 5.32 Å². The molecule has 0 aliphatic carbocycles. The topological polar surface area (TPSA) is 91.7 Å². The Hall–Kier alpha value is -2.28. The maximum atomic E-state index is 11.9. The molecular weight excluding hydrogens is 254 g/mol. The Bertz CT molecular complexity index is 589. The largest absolute Gasteiger partial charge is 0.507 e. The lowest BCUT2D eigenvalue weighted by atomic mass is 10.1. The molecule has 92 valence electrons. The number of hydrogen-bond donors (Lipinski definition) is 2. The van der Waals surface area contributed by atoms with E-state index < -0.39 is 5.91 Å². The van der Waals surface area contributed by atoms with Crippen molar-refractivity contribution in [1.29, 1.82) is 0 Å². The highest BCUT2D eigenvalue weighted by atomic mass is 32.1. The standard InChI is InChI=1S/C11H9N3O3S/c1-6-3-2-4-7(15)9(6)10(16)13-11-12-5-8(14-17)18-11/h2-5,15H,1H3,(H,12,13,16). The van der Waals surface area contributed by atoms with Gasteiger partial charge >= 0.3 is 0 Å². The lowest BCUT2D eigenvalue weighted by Crippen LogP contribution is -2.13. The predicted octanol–water partition coefficient (Wildman–Crippen LogP) is 2.81. The van der Waals surface area contributed by atoms with Gasteiger partial charge in [-0.2, -0.15) is 0 Å². The zero-order chi connectivity index (χ0) is 13.1. The molecule has 0 bridgehead atoms. The molecule has 0 radical (unpaired) electrons. The molecule has 0 atom stereocenters. The Morgan fingerprint density at radius 1 is 1.50 bits per heavy atom. The van der Waals surface area contributed by atoms with Gasteiger partial charge in [0.25, 0.3) is 5.91 Å². The summed E-state index contributed by atoms with van der Waals surface area (Å²) >= 11 is 0.964. The van der Waals surface area contributed by atoms with Gasteiger partial charge in [-0.15, -0.1) is 4.91 Å². The summed E-state index contributed by atoms with van der Waals surface area (Å²) in [5, 5.41) is 15.3. The number of anilines is 1. The van der Waals surface area contributed by atoms with E-state index in [2.05, 4.69) is 15.5 Å². The Morgan fingerprint density at radius 3 is 2.89 bits per heavy atom. The number of aromatic nitrogens is 1. The summed E-state index contributed by atoms with van der Waals surface area (Å²) in [6, 6.07) is 4.80. The highest BCUT2D eigenvalue weighted by molar-refractivity contribution is 7.19. The third-order valence-electron chi connectivity index (χ3n) is 2.28. The molecule has 0 aliphatic heterocycles. The first-order valence-electron chi connectivity index (χ1n) is 5.01. The summed E-state index contributed by atoms with van der Waals surface area (Å²) in [4.78, 5) is 26.0. The van der Waals surface area contributed by atoms with Crippen LogP contribution in [0.25, 0.3) is 0 Å². The second-order valence-electron chi connectivity index (χ2n) is 3.52. The van der Waals surface area contributed by atoms with Crippen LogP contribution in [0.1, 0.15) is 15.9 Å². The maximum absolute atomic E-state index is 11.9. The predicted molar refractivity (Wildman–Crippen MR) is 68.4 cm³/mol. The maximum Gasteiger partial charge on any atom is 0.261 e. The molecular formula is C11H9N3O3S. The molecule has 2 rings (SSSR count). The van der Waals surface area contributed by atoms with E-state index in [1.807, 2.05) is 0 Å². The van der Waals surface area contributed by atoms with Crippen molar-refractivity contribution in [2.24, 2.45) is 5.18 Å². The number of aromatic hydroxyl groups is 1. The van der Waals surface area contributed by atoms with Crippen LogP contribution in [0.2, 0.25) is 0 Å². The average Bonchev–Trinajstić information content (AvgIpc) is 2.76. The fraction of sp³-hybridized carbons (Fsp3) is 0.0909. The normalized spacial score (nSPS) is 10.1. The number of hydrogen-bond acceptors (Lipinski definition) is 6. The number of nitrogens with zero attached hydrogens (tertiary/aromatic N) is 2. The highest BCUT2D eigenvalue weighted by Gasteiger charge is 2.15. The van der Waals surface area contributed by atoms with E-state index in [-0.39, 0.29) is 21.4 Å². The van der Waals surface area contributed by atoms with Gasteiger partial charge in [-0.25, -0.2) is 4.98 Å². The fourth-order valence-electron chi connectivity index (χ4n) is 1.47. The van der Waals surface area contributed by atoms with Crippen molar-refractivity contribution in [2.75, 3.05) is 5.32 Å². The third-order valence-corrected chi connectivity index (χ3v) is 3.07. The Morgan fingerprint density at radius 2 is 2.28 bits per heavy atom. The molecule has 7 heteroatoms. The number of phenols is 1. The van der Waals surface area contributed by atoms with Crippen LogP contribution in [-0.4, -0.2) is 16.0 Å². The van der Waals surface area contributed by atoms with E-state index >= 15 is 0 Å². The SMILES string of the molecule is Cc1cccc(O)c1C(=O)Nc1ncc(N=O)s1. The number of carbonyl (C=O) groups is 1. The number of nitrogens with one attached hydrogen (secondary N) is 1. The molecule has 0 fully saturated rings. The van der Waals surface area contributed by atoms with Gasteiger partial charge in [-0.3, -0.25) is 10.1 Å². The minimum absolute atomic E-state index is 0.0993. The van der Waals surface area contributed by atoms with Gasteiger partial charge < -0.3 is 5.11 Å². The smallest absolute Gasteiger partial charge is 0.261 e. The lowest BCUT2D eigenvalue weighted by Gasteiger charge is -2.06. The molecule has 18 heavy (non-hydrogen) atoms. The number of rotatable bonds is 3. The van der Waals surface area contributed by atoms with Crippen LogP contribution in [0.5, 0.6) is 5.75 Å². The van der Waals surface area contributed by atoms with E-state index in [1.54, 1.807) is 19.1 Å². The summed E-state index contributed by atoms with van der Waals surface area (Å²) < 4.78 is 0. The minimum Gasteiger partial charge on any atom is -0.507 e. The monoisotopic (exact) mass is 263 g/mol. The molecule has 6 nitrogen and oxygen atoms in total. The van der Waals surface area contributed by atoms with Crippen molar-refractivity contribution in [3.63, 3.8) is 0 Å². The molecule has 0 spiro atoms. The van der Waals surface area contributed by atoms with Gasteiger partial charge in [0.15, 0.2) is 10.1 Å². The van der Waals surface area contributed by atoms with Crippen molar-refractivity contribution >= 4 is 27.4 Å². The second-order valence-corrected chi connectivity index (χ2v) is 4.53. The van der Waals surface area contributed by atoms with Crippen molar-refractivity contribution < 1.29 is 9.90 Å². The van der Waals surface area contributed by atoms with Crippen LogP contribution in [0, 0.1) is 11.8 Å². The third kappa shape index (κ3) is 2.35. The van der Waals surface area contributed by atoms with E-state index in [0.717, 1.165) is 11.3 Å². The first-order valence-corrected chi connectivity index (χ1v) is 5.82. The number of phenolic OH excluding ortho intramolecular Hbond substituents is 1. The number of carbonyl (C=O) groups excluding carboxylic acids is 1. The fourth-order valence-corrected chi connectivity index (χ4v) is 2.06. The van der Waals surface area contributed by atoms with Gasteiger partial charge in [0.2, 0.25) is 0 Å². The summed E-state index contributed by atoms with van der Waals surface area (Å²) in [6.45, 7) is 1.72. The molecule has 0 saturated heterocycles. The van der Waals surface area contributed by atoms with Crippen LogP contribution in [0.4, 0.5) is 10.1 Å². The molecule has 1 aromatic heterocycles.